The van der Waals surface area contributed by atoms with Gasteiger partial charge in [-0.25, -0.2) is 0 Å². The van der Waals surface area contributed by atoms with Crippen molar-refractivity contribution in [1.82, 2.24) is 4.90 Å². The molecule has 1 heterocycles. The Hall–Kier alpha value is -2.99. The Kier molecular flexibility index (Phi) is 5.90. The highest BCUT2D eigenvalue weighted by atomic mass is 32.1. The first kappa shape index (κ1) is 19.8. The van der Waals surface area contributed by atoms with Gasteiger partial charge in [0.1, 0.15) is 5.57 Å². The monoisotopic (exact) mass is 393 g/mol. The van der Waals surface area contributed by atoms with Gasteiger partial charge in [-0.3, -0.25) is 19.4 Å². The van der Waals surface area contributed by atoms with E-state index in [1.165, 1.54) is 9.80 Å². The molecule has 2 amide bonds. The summed E-state index contributed by atoms with van der Waals surface area (Å²) in [5.41, 5.74) is 2.60. The second-order valence-corrected chi connectivity index (χ2v) is 7.12. The number of hydrogen-bond donors (Lipinski definition) is 0. The predicted octanol–water partition coefficient (Wildman–Crippen LogP) is 3.71. The van der Waals surface area contributed by atoms with E-state index < -0.39 is 5.91 Å². The Bertz CT molecular complexity index is 921. The van der Waals surface area contributed by atoms with Crippen LogP contribution in [-0.4, -0.2) is 42.5 Å². The Labute approximate surface area is 170 Å². The summed E-state index contributed by atoms with van der Waals surface area (Å²) in [7, 11) is 3.92. The molecule has 2 aromatic rings. The maximum absolute atomic E-state index is 13.2. The van der Waals surface area contributed by atoms with E-state index in [0.29, 0.717) is 12.2 Å². The maximum Gasteiger partial charge on any atom is 0.270 e. The van der Waals surface area contributed by atoms with E-state index in [9.17, 15) is 9.59 Å². The first-order chi connectivity index (χ1) is 13.4. The molecule has 1 aliphatic heterocycles. The van der Waals surface area contributed by atoms with Crippen molar-refractivity contribution in [2.45, 2.75) is 13.3 Å². The number of para-hydroxylation sites is 1. The lowest BCUT2D eigenvalue weighted by atomic mass is 10.1. The van der Waals surface area contributed by atoms with Crippen molar-refractivity contribution in [2.75, 3.05) is 30.4 Å². The summed E-state index contributed by atoms with van der Waals surface area (Å²) in [6, 6.07) is 16.9. The Morgan fingerprint density at radius 2 is 1.61 bits per heavy atom. The van der Waals surface area contributed by atoms with Crippen LogP contribution in [0.25, 0.3) is 6.08 Å². The largest absolute Gasteiger partial charge is 0.378 e. The molecular weight excluding hydrogens is 370 g/mol. The van der Waals surface area contributed by atoms with Crippen LogP contribution in [0.4, 0.5) is 11.4 Å². The fourth-order valence-corrected chi connectivity index (χ4v) is 3.40. The van der Waals surface area contributed by atoms with Crippen molar-refractivity contribution in [3.8, 4) is 0 Å². The van der Waals surface area contributed by atoms with Crippen LogP contribution in [-0.2, 0) is 9.59 Å². The molecule has 5 nitrogen and oxygen atoms in total. The zero-order valence-corrected chi connectivity index (χ0v) is 17.1. The zero-order chi connectivity index (χ0) is 20.3. The highest BCUT2D eigenvalue weighted by Crippen LogP contribution is 2.26. The lowest BCUT2D eigenvalue weighted by Gasteiger charge is -2.36. The van der Waals surface area contributed by atoms with Crippen molar-refractivity contribution in [1.29, 1.82) is 0 Å². The summed E-state index contributed by atoms with van der Waals surface area (Å²) in [5.74, 6) is -0.744. The van der Waals surface area contributed by atoms with Crippen LogP contribution < -0.4 is 9.80 Å². The molecule has 3 rings (SSSR count). The quantitative estimate of drug-likeness (QED) is 0.441. The summed E-state index contributed by atoms with van der Waals surface area (Å²) < 4.78 is 0. The molecule has 0 aliphatic carbocycles. The van der Waals surface area contributed by atoms with Gasteiger partial charge in [0.2, 0.25) is 0 Å². The second kappa shape index (κ2) is 8.35. The molecule has 2 aromatic carbocycles. The molecule has 0 unspecified atom stereocenters. The van der Waals surface area contributed by atoms with Crippen molar-refractivity contribution in [3.05, 3.63) is 65.7 Å². The smallest absolute Gasteiger partial charge is 0.270 e. The number of amides is 2. The number of benzene rings is 2. The Morgan fingerprint density at radius 3 is 2.18 bits per heavy atom. The molecule has 1 saturated heterocycles. The number of hydrogen-bond acceptors (Lipinski definition) is 4. The number of rotatable bonds is 5. The molecule has 1 fully saturated rings. The molecule has 0 atom stereocenters. The summed E-state index contributed by atoms with van der Waals surface area (Å²) in [5, 5.41) is 0.225. The van der Waals surface area contributed by atoms with Crippen LogP contribution in [0.2, 0.25) is 0 Å². The number of anilines is 2. The molecular formula is C22H23N3O2S. The molecule has 0 radical (unpaired) electrons. The van der Waals surface area contributed by atoms with Gasteiger partial charge in [-0.05, 0) is 54.5 Å². The first-order valence-corrected chi connectivity index (χ1v) is 9.59. The van der Waals surface area contributed by atoms with E-state index >= 15 is 0 Å². The van der Waals surface area contributed by atoms with E-state index in [1.54, 1.807) is 6.08 Å². The van der Waals surface area contributed by atoms with Crippen LogP contribution in [0.15, 0.2) is 60.2 Å². The highest BCUT2D eigenvalue weighted by molar-refractivity contribution is 7.80. The number of carbonyl (C=O) groups excluding carboxylic acids is 2. The van der Waals surface area contributed by atoms with Crippen LogP contribution in [0, 0.1) is 0 Å². The van der Waals surface area contributed by atoms with Gasteiger partial charge in [-0.1, -0.05) is 37.3 Å². The molecule has 28 heavy (non-hydrogen) atoms. The second-order valence-electron chi connectivity index (χ2n) is 6.76. The summed E-state index contributed by atoms with van der Waals surface area (Å²) in [4.78, 5) is 31.1. The SMILES string of the molecule is CCCN1C(=O)/C(=C/c2ccc(N(C)C)cc2)C(=O)N(c2ccccc2)C1=S. The van der Waals surface area contributed by atoms with Gasteiger partial charge in [0.15, 0.2) is 5.11 Å². The normalized spacial score (nSPS) is 16.1. The fourth-order valence-electron chi connectivity index (χ4n) is 3.04. The van der Waals surface area contributed by atoms with Gasteiger partial charge < -0.3 is 4.90 Å². The molecule has 0 aromatic heterocycles. The minimum absolute atomic E-state index is 0.114. The Morgan fingerprint density at radius 1 is 0.964 bits per heavy atom. The number of carbonyl (C=O) groups is 2. The third kappa shape index (κ3) is 3.82. The Balaban J connectivity index is 2.04. The number of nitrogens with zero attached hydrogens (tertiary/aromatic N) is 3. The van der Waals surface area contributed by atoms with Gasteiger partial charge >= 0.3 is 0 Å². The van der Waals surface area contributed by atoms with E-state index in [4.69, 9.17) is 12.2 Å². The van der Waals surface area contributed by atoms with E-state index in [2.05, 4.69) is 0 Å². The van der Waals surface area contributed by atoms with E-state index in [1.807, 2.05) is 80.5 Å². The summed E-state index contributed by atoms with van der Waals surface area (Å²) >= 11 is 5.49. The average molecular weight is 394 g/mol. The molecule has 144 valence electrons. The molecule has 6 heteroatoms. The predicted molar refractivity (Wildman–Crippen MR) is 117 cm³/mol. The zero-order valence-electron chi connectivity index (χ0n) is 16.3. The van der Waals surface area contributed by atoms with Crippen molar-refractivity contribution < 1.29 is 9.59 Å². The van der Waals surface area contributed by atoms with Crippen LogP contribution in [0.5, 0.6) is 0 Å². The number of thiocarbonyl (C=S) groups is 1. The van der Waals surface area contributed by atoms with E-state index in [0.717, 1.165) is 17.7 Å². The van der Waals surface area contributed by atoms with Gasteiger partial charge in [0.25, 0.3) is 11.8 Å². The summed E-state index contributed by atoms with van der Waals surface area (Å²) in [6.07, 6.45) is 2.39. The maximum atomic E-state index is 13.2. The third-order valence-corrected chi connectivity index (χ3v) is 4.92. The topological polar surface area (TPSA) is 43.9 Å². The van der Waals surface area contributed by atoms with Gasteiger partial charge in [-0.2, -0.15) is 0 Å². The van der Waals surface area contributed by atoms with Crippen LogP contribution >= 0.6 is 12.2 Å². The summed E-state index contributed by atoms with van der Waals surface area (Å²) in [6.45, 7) is 2.44. The minimum atomic E-state index is -0.398. The molecule has 0 spiro atoms. The first-order valence-electron chi connectivity index (χ1n) is 9.18. The fraction of sp³-hybridized carbons (Fsp3) is 0.227. The average Bonchev–Trinajstić information content (AvgIpc) is 2.70. The highest BCUT2D eigenvalue weighted by Gasteiger charge is 2.39. The van der Waals surface area contributed by atoms with Gasteiger partial charge in [-0.15, -0.1) is 0 Å². The third-order valence-electron chi connectivity index (χ3n) is 4.51. The lowest BCUT2D eigenvalue weighted by Crippen LogP contribution is -2.56. The van der Waals surface area contributed by atoms with Crippen molar-refractivity contribution in [2.24, 2.45) is 0 Å². The minimum Gasteiger partial charge on any atom is -0.378 e. The van der Waals surface area contributed by atoms with Crippen molar-refractivity contribution in [3.63, 3.8) is 0 Å². The lowest BCUT2D eigenvalue weighted by molar-refractivity contribution is -0.127. The molecule has 1 aliphatic rings. The van der Waals surface area contributed by atoms with Gasteiger partial charge in [0.05, 0.1) is 5.69 Å². The standard InChI is InChI=1S/C22H23N3O2S/c1-4-14-24-20(26)19(15-16-10-12-17(13-11-16)23(2)3)21(27)25(22(24)28)18-8-6-5-7-9-18/h5-13,15H,4,14H2,1-3H3/b19-15-. The molecule has 0 bridgehead atoms. The van der Waals surface area contributed by atoms with Crippen molar-refractivity contribution >= 4 is 46.6 Å². The van der Waals surface area contributed by atoms with E-state index in [-0.39, 0.29) is 16.6 Å². The van der Waals surface area contributed by atoms with Crippen LogP contribution in [0.3, 0.4) is 0 Å². The molecule has 0 saturated carbocycles. The van der Waals surface area contributed by atoms with Crippen LogP contribution in [0.1, 0.15) is 18.9 Å². The van der Waals surface area contributed by atoms with Gasteiger partial charge in [0, 0.05) is 26.3 Å². The molecule has 0 N–H and O–H groups in total.